The standard InChI is InChI=1S/C9H13NO/c1-4-9(11)8(6-10)5-7(2)3/h5,7H,4H2,1-3H3/b8-5+. The Bertz CT molecular complexity index is 208. The minimum atomic E-state index is -0.0683. The van der Waals surface area contributed by atoms with Crippen LogP contribution >= 0.6 is 0 Å². The first-order valence-corrected chi connectivity index (χ1v) is 3.77. The molecule has 0 aromatic carbocycles. The molecule has 0 aliphatic carbocycles. The number of rotatable bonds is 3. The molecule has 60 valence electrons. The van der Waals surface area contributed by atoms with Gasteiger partial charge in [-0.25, -0.2) is 0 Å². The first-order chi connectivity index (χ1) is 5.11. The molecule has 2 heteroatoms. The fourth-order valence-electron chi connectivity index (χ4n) is 0.716. The van der Waals surface area contributed by atoms with Gasteiger partial charge in [-0.3, -0.25) is 4.79 Å². The van der Waals surface area contributed by atoms with Gasteiger partial charge in [0.2, 0.25) is 0 Å². The number of carbonyl (C=O) groups is 1. The Labute approximate surface area is 67.5 Å². The van der Waals surface area contributed by atoms with E-state index in [1.165, 1.54) is 0 Å². The molecule has 0 amide bonds. The molecule has 0 heterocycles. The molecule has 0 unspecified atom stereocenters. The Kier molecular flexibility index (Phi) is 4.21. The monoisotopic (exact) mass is 151 g/mol. The van der Waals surface area contributed by atoms with Gasteiger partial charge in [-0.05, 0) is 5.92 Å². The minimum Gasteiger partial charge on any atom is -0.293 e. The van der Waals surface area contributed by atoms with Crippen molar-refractivity contribution in [3.8, 4) is 6.07 Å². The Morgan fingerprint density at radius 2 is 2.18 bits per heavy atom. The Balaban J connectivity index is 4.43. The van der Waals surface area contributed by atoms with Crippen LogP contribution in [0.5, 0.6) is 0 Å². The maximum absolute atomic E-state index is 11.0. The number of allylic oxidation sites excluding steroid dienone is 2. The van der Waals surface area contributed by atoms with Crippen LogP contribution in [0.25, 0.3) is 0 Å². The predicted molar refractivity (Wildman–Crippen MR) is 43.8 cm³/mol. The molecule has 0 aromatic heterocycles. The smallest absolute Gasteiger partial charge is 0.172 e. The van der Waals surface area contributed by atoms with Crippen LogP contribution in [0.4, 0.5) is 0 Å². The molecular formula is C9H13NO. The third-order valence-corrected chi connectivity index (χ3v) is 1.24. The minimum absolute atomic E-state index is 0.0683. The normalized spacial score (nSPS) is 11.4. The molecular weight excluding hydrogens is 138 g/mol. The van der Waals surface area contributed by atoms with Crippen molar-refractivity contribution >= 4 is 5.78 Å². The Hall–Kier alpha value is -1.10. The highest BCUT2D eigenvalue weighted by Crippen LogP contribution is 2.04. The maximum Gasteiger partial charge on any atom is 0.172 e. The summed E-state index contributed by atoms with van der Waals surface area (Å²) in [6.45, 7) is 5.65. The van der Waals surface area contributed by atoms with Gasteiger partial charge in [0, 0.05) is 6.42 Å². The third-order valence-electron chi connectivity index (χ3n) is 1.24. The van der Waals surface area contributed by atoms with Gasteiger partial charge in [-0.1, -0.05) is 26.8 Å². The zero-order valence-electron chi connectivity index (χ0n) is 7.22. The summed E-state index contributed by atoms with van der Waals surface area (Å²) in [4.78, 5) is 11.0. The van der Waals surface area contributed by atoms with Gasteiger partial charge in [0.1, 0.15) is 6.07 Å². The number of hydrogen-bond acceptors (Lipinski definition) is 2. The van der Waals surface area contributed by atoms with Crippen molar-refractivity contribution in [2.45, 2.75) is 27.2 Å². The predicted octanol–water partition coefficient (Wildman–Crippen LogP) is 2.07. The van der Waals surface area contributed by atoms with Crippen LogP contribution in [0.1, 0.15) is 27.2 Å². The zero-order valence-corrected chi connectivity index (χ0v) is 7.22. The van der Waals surface area contributed by atoms with Gasteiger partial charge >= 0.3 is 0 Å². The molecule has 0 fully saturated rings. The average molecular weight is 151 g/mol. The number of nitriles is 1. The second kappa shape index (κ2) is 4.68. The molecule has 0 saturated carbocycles. The molecule has 0 saturated heterocycles. The highest BCUT2D eigenvalue weighted by Gasteiger charge is 2.05. The number of ketones is 1. The van der Waals surface area contributed by atoms with Crippen LogP contribution in [0, 0.1) is 17.2 Å². The van der Waals surface area contributed by atoms with Gasteiger partial charge in [0.05, 0.1) is 5.57 Å². The van der Waals surface area contributed by atoms with Gasteiger partial charge in [0.25, 0.3) is 0 Å². The summed E-state index contributed by atoms with van der Waals surface area (Å²) in [7, 11) is 0. The number of Topliss-reactive ketones (excluding diaryl/α,β-unsaturated/α-hetero) is 1. The summed E-state index contributed by atoms with van der Waals surface area (Å²) in [5.41, 5.74) is 0.294. The number of nitrogens with zero attached hydrogens (tertiary/aromatic N) is 1. The molecule has 2 nitrogen and oxygen atoms in total. The summed E-state index contributed by atoms with van der Waals surface area (Å²) < 4.78 is 0. The van der Waals surface area contributed by atoms with Gasteiger partial charge in [0.15, 0.2) is 5.78 Å². The lowest BCUT2D eigenvalue weighted by Crippen LogP contribution is -1.99. The van der Waals surface area contributed by atoms with Crippen molar-refractivity contribution in [2.75, 3.05) is 0 Å². The van der Waals surface area contributed by atoms with Crippen molar-refractivity contribution in [1.82, 2.24) is 0 Å². The van der Waals surface area contributed by atoms with Crippen LogP contribution in [0.15, 0.2) is 11.6 Å². The van der Waals surface area contributed by atoms with E-state index >= 15 is 0 Å². The van der Waals surface area contributed by atoms with Gasteiger partial charge < -0.3 is 0 Å². The summed E-state index contributed by atoms with van der Waals surface area (Å²) in [5, 5.41) is 8.54. The second-order valence-corrected chi connectivity index (χ2v) is 2.71. The van der Waals surface area contributed by atoms with Crippen LogP contribution in [0.3, 0.4) is 0 Å². The third kappa shape index (κ3) is 3.57. The highest BCUT2D eigenvalue weighted by molar-refractivity contribution is 5.98. The molecule has 0 radical (unpaired) electrons. The van der Waals surface area contributed by atoms with Crippen molar-refractivity contribution in [2.24, 2.45) is 5.92 Å². The summed E-state index contributed by atoms with van der Waals surface area (Å²) >= 11 is 0. The topological polar surface area (TPSA) is 40.9 Å². The van der Waals surface area contributed by atoms with E-state index in [9.17, 15) is 4.79 Å². The molecule has 0 aliphatic heterocycles. The fourth-order valence-corrected chi connectivity index (χ4v) is 0.716. The van der Waals surface area contributed by atoms with E-state index in [2.05, 4.69) is 0 Å². The molecule has 0 bridgehead atoms. The molecule has 0 atom stereocenters. The molecule has 0 spiro atoms. The van der Waals surface area contributed by atoms with E-state index < -0.39 is 0 Å². The molecule has 0 aliphatic rings. The summed E-state index contributed by atoms with van der Waals surface area (Å²) in [5.74, 6) is 0.196. The molecule has 11 heavy (non-hydrogen) atoms. The van der Waals surface area contributed by atoms with Crippen LogP contribution in [-0.2, 0) is 4.79 Å². The van der Waals surface area contributed by atoms with E-state index in [0.29, 0.717) is 12.0 Å². The fraction of sp³-hybridized carbons (Fsp3) is 0.556. The lowest BCUT2D eigenvalue weighted by molar-refractivity contribution is -0.114. The van der Waals surface area contributed by atoms with Crippen LogP contribution < -0.4 is 0 Å². The van der Waals surface area contributed by atoms with Gasteiger partial charge in [-0.15, -0.1) is 0 Å². The summed E-state index contributed by atoms with van der Waals surface area (Å²) in [6, 6.07) is 1.90. The average Bonchev–Trinajstić information content (AvgIpc) is 1.98. The number of carbonyl (C=O) groups excluding carboxylic acids is 1. The second-order valence-electron chi connectivity index (χ2n) is 2.71. The van der Waals surface area contributed by atoms with E-state index in [-0.39, 0.29) is 11.7 Å². The van der Waals surface area contributed by atoms with E-state index in [0.717, 1.165) is 0 Å². The quantitative estimate of drug-likeness (QED) is 0.457. The largest absolute Gasteiger partial charge is 0.293 e. The first kappa shape index (κ1) is 9.90. The Morgan fingerprint density at radius 3 is 2.45 bits per heavy atom. The van der Waals surface area contributed by atoms with Crippen molar-refractivity contribution in [3.05, 3.63) is 11.6 Å². The maximum atomic E-state index is 11.0. The Morgan fingerprint density at radius 1 is 1.64 bits per heavy atom. The summed E-state index contributed by atoms with van der Waals surface area (Å²) in [6.07, 6.45) is 2.11. The van der Waals surface area contributed by atoms with Crippen molar-refractivity contribution in [3.63, 3.8) is 0 Å². The number of hydrogen-bond donors (Lipinski definition) is 0. The first-order valence-electron chi connectivity index (χ1n) is 3.77. The SMILES string of the molecule is CCC(=O)/C(C#N)=C/C(C)C. The highest BCUT2D eigenvalue weighted by atomic mass is 16.1. The molecule has 0 aromatic rings. The zero-order chi connectivity index (χ0) is 8.85. The van der Waals surface area contributed by atoms with E-state index in [1.54, 1.807) is 13.0 Å². The van der Waals surface area contributed by atoms with Gasteiger partial charge in [-0.2, -0.15) is 5.26 Å². The molecule has 0 N–H and O–H groups in total. The van der Waals surface area contributed by atoms with Crippen LogP contribution in [0.2, 0.25) is 0 Å². The van der Waals surface area contributed by atoms with E-state index in [4.69, 9.17) is 5.26 Å². The van der Waals surface area contributed by atoms with E-state index in [1.807, 2.05) is 19.9 Å². The van der Waals surface area contributed by atoms with Crippen molar-refractivity contribution < 1.29 is 4.79 Å². The lowest BCUT2D eigenvalue weighted by Gasteiger charge is -1.96. The van der Waals surface area contributed by atoms with Crippen LogP contribution in [-0.4, -0.2) is 5.78 Å². The van der Waals surface area contributed by atoms with Crippen molar-refractivity contribution in [1.29, 1.82) is 5.26 Å². The molecule has 0 rings (SSSR count). The lowest BCUT2D eigenvalue weighted by atomic mass is 10.1.